The zero-order chi connectivity index (χ0) is 11.8. The number of hydrogen-bond donors (Lipinski definition) is 1. The molecule has 1 saturated carbocycles. The van der Waals surface area contributed by atoms with E-state index >= 15 is 0 Å². The Labute approximate surface area is 102 Å². The smallest absolute Gasteiger partial charge is 0.225 e. The number of fused-ring (bicyclic) bond motifs is 1. The van der Waals surface area contributed by atoms with Crippen molar-refractivity contribution in [3.63, 3.8) is 0 Å². The van der Waals surface area contributed by atoms with Crippen LogP contribution < -0.4 is 10.6 Å². The summed E-state index contributed by atoms with van der Waals surface area (Å²) in [5.41, 5.74) is 7.33. The van der Waals surface area contributed by atoms with Crippen LogP contribution in [0.3, 0.4) is 0 Å². The molecule has 0 radical (unpaired) electrons. The molecule has 4 heteroatoms. The lowest BCUT2D eigenvalue weighted by molar-refractivity contribution is 0.260. The van der Waals surface area contributed by atoms with Crippen molar-refractivity contribution in [1.29, 1.82) is 0 Å². The SMILES string of the molecule is Cc1cnc(N2CC3CCCC(N)C3C2)nc1. The molecule has 2 fully saturated rings. The molecule has 17 heavy (non-hydrogen) atoms. The average molecular weight is 232 g/mol. The Balaban J connectivity index is 1.76. The van der Waals surface area contributed by atoms with Crippen LogP contribution in [0.5, 0.6) is 0 Å². The Morgan fingerprint density at radius 1 is 1.24 bits per heavy atom. The van der Waals surface area contributed by atoms with Crippen LogP contribution in [0, 0.1) is 18.8 Å². The van der Waals surface area contributed by atoms with E-state index in [0.717, 1.165) is 30.5 Å². The van der Waals surface area contributed by atoms with Gasteiger partial charge in [0.2, 0.25) is 5.95 Å². The molecule has 0 bridgehead atoms. The Hall–Kier alpha value is -1.16. The molecule has 1 aliphatic carbocycles. The molecule has 1 aromatic heterocycles. The number of nitrogens with zero attached hydrogens (tertiary/aromatic N) is 3. The number of aromatic nitrogens is 2. The van der Waals surface area contributed by atoms with Gasteiger partial charge >= 0.3 is 0 Å². The summed E-state index contributed by atoms with van der Waals surface area (Å²) in [6, 6.07) is 0.379. The van der Waals surface area contributed by atoms with Crippen LogP contribution in [-0.2, 0) is 0 Å². The van der Waals surface area contributed by atoms with Crippen molar-refractivity contribution in [1.82, 2.24) is 9.97 Å². The zero-order valence-electron chi connectivity index (χ0n) is 10.3. The number of anilines is 1. The van der Waals surface area contributed by atoms with E-state index in [1.807, 2.05) is 19.3 Å². The molecule has 2 heterocycles. The van der Waals surface area contributed by atoms with Crippen molar-refractivity contribution in [2.24, 2.45) is 17.6 Å². The van der Waals surface area contributed by atoms with Gasteiger partial charge in [0.15, 0.2) is 0 Å². The van der Waals surface area contributed by atoms with Crippen molar-refractivity contribution in [2.75, 3.05) is 18.0 Å². The summed E-state index contributed by atoms with van der Waals surface area (Å²) in [5.74, 6) is 2.27. The van der Waals surface area contributed by atoms with Crippen molar-refractivity contribution < 1.29 is 0 Å². The van der Waals surface area contributed by atoms with E-state index < -0.39 is 0 Å². The summed E-state index contributed by atoms with van der Waals surface area (Å²) >= 11 is 0. The van der Waals surface area contributed by atoms with E-state index in [1.165, 1.54) is 19.3 Å². The fourth-order valence-corrected chi connectivity index (χ4v) is 3.23. The maximum absolute atomic E-state index is 6.22. The lowest BCUT2D eigenvalue weighted by Crippen LogP contribution is -2.38. The average Bonchev–Trinajstić information content (AvgIpc) is 2.75. The van der Waals surface area contributed by atoms with Gasteiger partial charge in [0.05, 0.1) is 0 Å². The lowest BCUT2D eigenvalue weighted by atomic mass is 9.78. The molecule has 2 aliphatic rings. The molecule has 0 amide bonds. The molecule has 92 valence electrons. The third-order valence-electron chi connectivity index (χ3n) is 4.20. The van der Waals surface area contributed by atoms with Crippen molar-refractivity contribution in [3.8, 4) is 0 Å². The standard InChI is InChI=1S/C13H20N4/c1-9-5-15-13(16-6-9)17-7-10-3-2-4-12(14)11(10)8-17/h5-6,10-12H,2-4,7-8,14H2,1H3. The van der Waals surface area contributed by atoms with E-state index in [2.05, 4.69) is 14.9 Å². The summed E-state index contributed by atoms with van der Waals surface area (Å²) < 4.78 is 0. The highest BCUT2D eigenvalue weighted by Gasteiger charge is 2.39. The Kier molecular flexibility index (Phi) is 2.74. The quantitative estimate of drug-likeness (QED) is 0.794. The minimum absolute atomic E-state index is 0.379. The summed E-state index contributed by atoms with van der Waals surface area (Å²) in [6.45, 7) is 4.14. The van der Waals surface area contributed by atoms with E-state index in [-0.39, 0.29) is 0 Å². The molecular weight excluding hydrogens is 212 g/mol. The first kappa shape index (κ1) is 11.0. The van der Waals surface area contributed by atoms with Gasteiger partial charge < -0.3 is 10.6 Å². The molecular formula is C13H20N4. The van der Waals surface area contributed by atoms with Crippen LogP contribution in [0.1, 0.15) is 24.8 Å². The Morgan fingerprint density at radius 2 is 2.00 bits per heavy atom. The number of aryl methyl sites for hydroxylation is 1. The first-order valence-electron chi connectivity index (χ1n) is 6.53. The molecule has 1 saturated heterocycles. The van der Waals surface area contributed by atoms with Crippen LogP contribution in [0.4, 0.5) is 5.95 Å². The molecule has 1 aliphatic heterocycles. The minimum atomic E-state index is 0.379. The molecule has 3 unspecified atom stereocenters. The highest BCUT2D eigenvalue weighted by Crippen LogP contribution is 2.36. The van der Waals surface area contributed by atoms with E-state index in [9.17, 15) is 0 Å². The van der Waals surface area contributed by atoms with E-state index in [0.29, 0.717) is 12.0 Å². The van der Waals surface area contributed by atoms with Gasteiger partial charge in [-0.3, -0.25) is 0 Å². The highest BCUT2D eigenvalue weighted by molar-refractivity contribution is 5.32. The monoisotopic (exact) mass is 232 g/mol. The predicted molar refractivity (Wildman–Crippen MR) is 67.8 cm³/mol. The maximum atomic E-state index is 6.22. The fourth-order valence-electron chi connectivity index (χ4n) is 3.23. The number of nitrogens with two attached hydrogens (primary N) is 1. The van der Waals surface area contributed by atoms with Crippen molar-refractivity contribution >= 4 is 5.95 Å². The zero-order valence-corrected chi connectivity index (χ0v) is 10.3. The fraction of sp³-hybridized carbons (Fsp3) is 0.692. The van der Waals surface area contributed by atoms with Gasteiger partial charge in [0, 0.05) is 31.5 Å². The topological polar surface area (TPSA) is 55.0 Å². The summed E-state index contributed by atoms with van der Waals surface area (Å²) in [4.78, 5) is 11.1. The predicted octanol–water partition coefficient (Wildman–Crippen LogP) is 1.35. The number of hydrogen-bond acceptors (Lipinski definition) is 4. The van der Waals surface area contributed by atoms with Gasteiger partial charge in [-0.05, 0) is 37.2 Å². The van der Waals surface area contributed by atoms with Crippen molar-refractivity contribution in [2.45, 2.75) is 32.2 Å². The summed E-state index contributed by atoms with van der Waals surface area (Å²) in [7, 11) is 0. The number of rotatable bonds is 1. The Morgan fingerprint density at radius 3 is 2.71 bits per heavy atom. The highest BCUT2D eigenvalue weighted by atomic mass is 15.3. The van der Waals surface area contributed by atoms with E-state index in [1.54, 1.807) is 0 Å². The first-order chi connectivity index (χ1) is 8.24. The second-order valence-electron chi connectivity index (χ2n) is 5.48. The van der Waals surface area contributed by atoms with Crippen LogP contribution in [0.15, 0.2) is 12.4 Å². The summed E-state index contributed by atoms with van der Waals surface area (Å²) in [6.07, 6.45) is 7.57. The van der Waals surface area contributed by atoms with Crippen LogP contribution in [0.25, 0.3) is 0 Å². The minimum Gasteiger partial charge on any atom is -0.340 e. The summed E-state index contributed by atoms with van der Waals surface area (Å²) in [5, 5.41) is 0. The molecule has 1 aromatic rings. The second-order valence-corrected chi connectivity index (χ2v) is 5.48. The Bertz CT molecular complexity index is 389. The largest absolute Gasteiger partial charge is 0.340 e. The third kappa shape index (κ3) is 2.02. The molecule has 3 rings (SSSR count). The molecule has 0 spiro atoms. The van der Waals surface area contributed by atoms with Gasteiger partial charge in [-0.2, -0.15) is 0 Å². The molecule has 0 aromatic carbocycles. The molecule has 2 N–H and O–H groups in total. The van der Waals surface area contributed by atoms with Crippen LogP contribution in [-0.4, -0.2) is 29.1 Å². The van der Waals surface area contributed by atoms with Crippen LogP contribution >= 0.6 is 0 Å². The van der Waals surface area contributed by atoms with Gasteiger partial charge in [-0.1, -0.05) is 6.42 Å². The second kappa shape index (κ2) is 4.26. The first-order valence-corrected chi connectivity index (χ1v) is 6.53. The lowest BCUT2D eigenvalue weighted by Gasteiger charge is -2.29. The maximum Gasteiger partial charge on any atom is 0.225 e. The van der Waals surface area contributed by atoms with Gasteiger partial charge in [-0.15, -0.1) is 0 Å². The van der Waals surface area contributed by atoms with Gasteiger partial charge in [0.1, 0.15) is 0 Å². The van der Waals surface area contributed by atoms with Gasteiger partial charge in [-0.25, -0.2) is 9.97 Å². The normalized spacial score (nSPS) is 32.6. The molecule has 3 atom stereocenters. The van der Waals surface area contributed by atoms with Crippen LogP contribution in [0.2, 0.25) is 0 Å². The third-order valence-corrected chi connectivity index (χ3v) is 4.20. The van der Waals surface area contributed by atoms with Crippen molar-refractivity contribution in [3.05, 3.63) is 18.0 Å². The van der Waals surface area contributed by atoms with Gasteiger partial charge in [0.25, 0.3) is 0 Å². The molecule has 4 nitrogen and oxygen atoms in total. The van der Waals surface area contributed by atoms with E-state index in [4.69, 9.17) is 5.73 Å².